The Morgan fingerprint density at radius 3 is 2.44 bits per heavy atom. The molecule has 0 atom stereocenters. The largest absolute Gasteiger partial charge is 0.444 e. The normalized spacial score (nSPS) is 14.4. The van der Waals surface area contributed by atoms with Gasteiger partial charge in [-0.15, -0.1) is 0 Å². The summed E-state index contributed by atoms with van der Waals surface area (Å²) in [5.74, 6) is 0.856. The first kappa shape index (κ1) is 23.5. The number of amides is 1. The fourth-order valence-corrected chi connectivity index (χ4v) is 3.87. The standard InChI is InChI=1S/C25H33N7O2/c1-17(2)22-20(16-27-30-22)21-10-11-26-23(29-21)28-18-6-8-19(9-7-18)31-12-14-32(15-13-31)24(33)34-25(3,4)5/h6-11,16-17H,12-15H2,1-5H3,(H,27,30)(H,26,28,29). The molecule has 180 valence electrons. The molecule has 0 saturated carbocycles. The quantitative estimate of drug-likeness (QED) is 0.561. The average Bonchev–Trinajstić information content (AvgIpc) is 3.29. The molecule has 0 unspecified atom stereocenters. The highest BCUT2D eigenvalue weighted by Gasteiger charge is 2.26. The van der Waals surface area contributed by atoms with E-state index in [4.69, 9.17) is 4.74 Å². The maximum absolute atomic E-state index is 12.3. The van der Waals surface area contributed by atoms with Gasteiger partial charge in [-0.05, 0) is 57.0 Å². The predicted molar refractivity (Wildman–Crippen MR) is 133 cm³/mol. The van der Waals surface area contributed by atoms with E-state index in [1.54, 1.807) is 17.3 Å². The summed E-state index contributed by atoms with van der Waals surface area (Å²) in [6.07, 6.45) is 3.31. The molecule has 0 radical (unpaired) electrons. The van der Waals surface area contributed by atoms with Crippen LogP contribution in [0, 0.1) is 0 Å². The minimum atomic E-state index is -0.477. The van der Waals surface area contributed by atoms with E-state index in [1.807, 2.05) is 39.0 Å². The van der Waals surface area contributed by atoms with Crippen molar-refractivity contribution >= 4 is 23.4 Å². The van der Waals surface area contributed by atoms with Crippen molar-refractivity contribution in [2.75, 3.05) is 36.4 Å². The number of H-pyrrole nitrogens is 1. The maximum atomic E-state index is 12.3. The van der Waals surface area contributed by atoms with Gasteiger partial charge in [-0.1, -0.05) is 13.8 Å². The van der Waals surface area contributed by atoms with E-state index in [2.05, 4.69) is 56.4 Å². The number of hydrogen-bond donors (Lipinski definition) is 2. The topological polar surface area (TPSA) is 99.3 Å². The number of anilines is 3. The summed E-state index contributed by atoms with van der Waals surface area (Å²) < 4.78 is 5.48. The van der Waals surface area contributed by atoms with Crippen LogP contribution in [0.1, 0.15) is 46.2 Å². The fraction of sp³-hybridized carbons (Fsp3) is 0.440. The Morgan fingerprint density at radius 2 is 1.79 bits per heavy atom. The summed E-state index contributed by atoms with van der Waals surface area (Å²) in [7, 11) is 0. The van der Waals surface area contributed by atoms with Gasteiger partial charge in [0, 0.05) is 55.0 Å². The van der Waals surface area contributed by atoms with Crippen molar-refractivity contribution in [2.45, 2.75) is 46.1 Å². The molecule has 9 heteroatoms. The number of nitrogens with zero attached hydrogens (tertiary/aromatic N) is 5. The molecule has 1 aromatic carbocycles. The van der Waals surface area contributed by atoms with Gasteiger partial charge in [0.25, 0.3) is 0 Å². The maximum Gasteiger partial charge on any atom is 0.410 e. The van der Waals surface area contributed by atoms with Crippen molar-refractivity contribution in [2.24, 2.45) is 0 Å². The molecule has 1 aliphatic rings. The molecule has 0 bridgehead atoms. The van der Waals surface area contributed by atoms with Gasteiger partial charge in [0.15, 0.2) is 0 Å². The second-order valence-electron chi connectivity index (χ2n) is 9.74. The molecule has 1 fully saturated rings. The lowest BCUT2D eigenvalue weighted by Gasteiger charge is -2.36. The van der Waals surface area contributed by atoms with Gasteiger partial charge >= 0.3 is 6.09 Å². The van der Waals surface area contributed by atoms with Crippen molar-refractivity contribution in [3.05, 3.63) is 48.4 Å². The highest BCUT2D eigenvalue weighted by atomic mass is 16.6. The molecule has 0 spiro atoms. The number of carbonyl (C=O) groups excluding carboxylic acids is 1. The summed E-state index contributed by atoms with van der Waals surface area (Å²) in [5.41, 5.74) is 4.42. The van der Waals surface area contributed by atoms with Gasteiger partial charge < -0.3 is 19.9 Å². The van der Waals surface area contributed by atoms with Crippen LogP contribution < -0.4 is 10.2 Å². The van der Waals surface area contributed by atoms with E-state index < -0.39 is 5.60 Å². The Balaban J connectivity index is 1.37. The minimum absolute atomic E-state index is 0.245. The van der Waals surface area contributed by atoms with Gasteiger partial charge in [0.05, 0.1) is 11.9 Å². The summed E-state index contributed by atoms with van der Waals surface area (Å²) >= 11 is 0. The Hall–Kier alpha value is -3.62. The first-order chi connectivity index (χ1) is 16.2. The number of ether oxygens (including phenoxy) is 1. The molecule has 34 heavy (non-hydrogen) atoms. The monoisotopic (exact) mass is 463 g/mol. The summed E-state index contributed by atoms with van der Waals surface area (Å²) in [6.45, 7) is 12.7. The van der Waals surface area contributed by atoms with Crippen molar-refractivity contribution in [1.29, 1.82) is 0 Å². The molecule has 1 aliphatic heterocycles. The zero-order chi connectivity index (χ0) is 24.3. The van der Waals surface area contributed by atoms with Crippen molar-refractivity contribution in [3.63, 3.8) is 0 Å². The van der Waals surface area contributed by atoms with E-state index in [0.29, 0.717) is 25.0 Å². The zero-order valence-electron chi connectivity index (χ0n) is 20.5. The predicted octanol–water partition coefficient (Wildman–Crippen LogP) is 4.79. The lowest BCUT2D eigenvalue weighted by atomic mass is 10.0. The van der Waals surface area contributed by atoms with Crippen molar-refractivity contribution in [3.8, 4) is 11.3 Å². The van der Waals surface area contributed by atoms with Gasteiger partial charge in [0.1, 0.15) is 5.60 Å². The number of rotatable bonds is 5. The van der Waals surface area contributed by atoms with Crippen molar-refractivity contribution in [1.82, 2.24) is 25.1 Å². The molecular weight excluding hydrogens is 430 g/mol. The number of hydrogen-bond acceptors (Lipinski definition) is 7. The number of nitrogens with one attached hydrogen (secondary N) is 2. The summed E-state index contributed by atoms with van der Waals surface area (Å²) in [4.78, 5) is 25.4. The molecule has 3 aromatic rings. The van der Waals surface area contributed by atoms with Crippen LogP contribution in [-0.4, -0.2) is 62.9 Å². The van der Waals surface area contributed by atoms with Crippen LogP contribution in [0.4, 0.5) is 22.1 Å². The molecular formula is C25H33N7O2. The summed E-state index contributed by atoms with van der Waals surface area (Å²) in [6, 6.07) is 10.1. The van der Waals surface area contributed by atoms with Crippen LogP contribution in [0.5, 0.6) is 0 Å². The SMILES string of the molecule is CC(C)c1[nH]ncc1-c1ccnc(Nc2ccc(N3CCN(C(=O)OC(C)(C)C)CC3)cc2)n1. The first-order valence-corrected chi connectivity index (χ1v) is 11.7. The van der Waals surface area contributed by atoms with Gasteiger partial charge in [0.2, 0.25) is 5.95 Å². The molecule has 2 aromatic heterocycles. The van der Waals surface area contributed by atoms with E-state index in [0.717, 1.165) is 41.4 Å². The number of aromatic amines is 1. The van der Waals surface area contributed by atoms with E-state index in [-0.39, 0.29) is 6.09 Å². The number of benzene rings is 1. The van der Waals surface area contributed by atoms with Crippen LogP contribution >= 0.6 is 0 Å². The van der Waals surface area contributed by atoms with Crippen LogP contribution in [0.2, 0.25) is 0 Å². The average molecular weight is 464 g/mol. The molecule has 3 heterocycles. The smallest absolute Gasteiger partial charge is 0.410 e. The van der Waals surface area contributed by atoms with Gasteiger partial charge in [-0.2, -0.15) is 5.10 Å². The third kappa shape index (κ3) is 5.65. The van der Waals surface area contributed by atoms with Crippen LogP contribution in [-0.2, 0) is 4.74 Å². The van der Waals surface area contributed by atoms with E-state index >= 15 is 0 Å². The lowest BCUT2D eigenvalue weighted by Crippen LogP contribution is -2.50. The molecule has 1 amide bonds. The van der Waals surface area contributed by atoms with Gasteiger partial charge in [-0.25, -0.2) is 14.8 Å². The number of aromatic nitrogens is 4. The lowest BCUT2D eigenvalue weighted by molar-refractivity contribution is 0.0240. The Labute approximate surface area is 200 Å². The third-order valence-corrected chi connectivity index (χ3v) is 5.60. The number of carbonyl (C=O) groups is 1. The van der Waals surface area contributed by atoms with Crippen LogP contribution in [0.15, 0.2) is 42.7 Å². The summed E-state index contributed by atoms with van der Waals surface area (Å²) in [5, 5.41) is 10.5. The Bertz CT molecular complexity index is 1110. The molecule has 9 nitrogen and oxygen atoms in total. The van der Waals surface area contributed by atoms with Crippen molar-refractivity contribution < 1.29 is 9.53 Å². The Morgan fingerprint density at radius 1 is 1.09 bits per heavy atom. The number of piperazine rings is 1. The fourth-order valence-electron chi connectivity index (χ4n) is 3.87. The second kappa shape index (κ2) is 9.70. The minimum Gasteiger partial charge on any atom is -0.444 e. The van der Waals surface area contributed by atoms with Crippen LogP contribution in [0.25, 0.3) is 11.3 Å². The van der Waals surface area contributed by atoms with Gasteiger partial charge in [-0.3, -0.25) is 5.10 Å². The highest BCUT2D eigenvalue weighted by molar-refractivity contribution is 5.69. The van der Waals surface area contributed by atoms with E-state index in [1.165, 1.54) is 0 Å². The zero-order valence-corrected chi connectivity index (χ0v) is 20.5. The third-order valence-electron chi connectivity index (χ3n) is 5.60. The van der Waals surface area contributed by atoms with Crippen LogP contribution in [0.3, 0.4) is 0 Å². The van der Waals surface area contributed by atoms with E-state index in [9.17, 15) is 4.79 Å². The highest BCUT2D eigenvalue weighted by Crippen LogP contribution is 2.27. The molecule has 1 saturated heterocycles. The molecule has 4 rings (SSSR count). The molecule has 0 aliphatic carbocycles. The molecule has 2 N–H and O–H groups in total. The first-order valence-electron chi connectivity index (χ1n) is 11.7. The Kier molecular flexibility index (Phi) is 6.72. The second-order valence-corrected chi connectivity index (χ2v) is 9.74.